The Bertz CT molecular complexity index is 426. The molecule has 1 saturated carbocycles. The SMILES string of the molecule is Nc1cc(Cl)c(Cl)cc1NCC1CCCC(O)C1. The molecule has 100 valence electrons. The van der Waals surface area contributed by atoms with Gasteiger partial charge in [-0.3, -0.25) is 0 Å². The molecule has 2 atom stereocenters. The Labute approximate surface area is 117 Å². The van der Waals surface area contributed by atoms with Crippen molar-refractivity contribution in [3.8, 4) is 0 Å². The normalized spacial score (nSPS) is 23.9. The van der Waals surface area contributed by atoms with Gasteiger partial charge in [-0.05, 0) is 37.3 Å². The van der Waals surface area contributed by atoms with E-state index in [1.165, 1.54) is 0 Å². The van der Waals surface area contributed by atoms with Crippen LogP contribution in [0.4, 0.5) is 11.4 Å². The summed E-state index contributed by atoms with van der Waals surface area (Å²) in [7, 11) is 0. The van der Waals surface area contributed by atoms with Crippen molar-refractivity contribution in [3.05, 3.63) is 22.2 Å². The number of nitrogens with one attached hydrogen (secondary N) is 1. The Morgan fingerprint density at radius 3 is 2.72 bits per heavy atom. The van der Waals surface area contributed by atoms with Crippen LogP contribution in [-0.4, -0.2) is 17.8 Å². The van der Waals surface area contributed by atoms with Gasteiger partial charge in [0.15, 0.2) is 0 Å². The monoisotopic (exact) mass is 288 g/mol. The minimum Gasteiger partial charge on any atom is -0.397 e. The maximum atomic E-state index is 9.62. The molecule has 4 N–H and O–H groups in total. The van der Waals surface area contributed by atoms with E-state index in [-0.39, 0.29) is 6.10 Å². The third-order valence-corrected chi connectivity index (χ3v) is 4.15. The molecule has 0 aliphatic heterocycles. The van der Waals surface area contributed by atoms with Gasteiger partial charge in [0.25, 0.3) is 0 Å². The van der Waals surface area contributed by atoms with E-state index in [4.69, 9.17) is 28.9 Å². The predicted octanol–water partition coefficient (Wildman–Crippen LogP) is 3.54. The lowest BCUT2D eigenvalue weighted by molar-refractivity contribution is 0.105. The second-order valence-electron chi connectivity index (χ2n) is 4.92. The minimum absolute atomic E-state index is 0.156. The van der Waals surface area contributed by atoms with Gasteiger partial charge in [0, 0.05) is 6.54 Å². The zero-order valence-corrected chi connectivity index (χ0v) is 11.6. The van der Waals surface area contributed by atoms with Crippen molar-refractivity contribution in [1.29, 1.82) is 0 Å². The van der Waals surface area contributed by atoms with Crippen molar-refractivity contribution in [2.24, 2.45) is 5.92 Å². The summed E-state index contributed by atoms with van der Waals surface area (Å²) in [6.07, 6.45) is 3.85. The topological polar surface area (TPSA) is 58.3 Å². The molecule has 0 radical (unpaired) electrons. The molecule has 2 rings (SSSR count). The zero-order valence-electron chi connectivity index (χ0n) is 10.1. The Balaban J connectivity index is 1.95. The Morgan fingerprint density at radius 1 is 1.28 bits per heavy atom. The number of aliphatic hydroxyl groups excluding tert-OH is 1. The average Bonchev–Trinajstić information content (AvgIpc) is 2.32. The van der Waals surface area contributed by atoms with Crippen molar-refractivity contribution < 1.29 is 5.11 Å². The summed E-state index contributed by atoms with van der Waals surface area (Å²) in [5.74, 6) is 0.489. The van der Waals surface area contributed by atoms with Gasteiger partial charge in [-0.25, -0.2) is 0 Å². The molecule has 0 spiro atoms. The van der Waals surface area contributed by atoms with Gasteiger partial charge in [-0.15, -0.1) is 0 Å². The second-order valence-corrected chi connectivity index (χ2v) is 5.74. The summed E-state index contributed by atoms with van der Waals surface area (Å²) in [4.78, 5) is 0. The zero-order chi connectivity index (χ0) is 13.1. The lowest BCUT2D eigenvalue weighted by Gasteiger charge is -2.26. The van der Waals surface area contributed by atoms with Crippen LogP contribution in [-0.2, 0) is 0 Å². The molecule has 0 amide bonds. The predicted molar refractivity (Wildman–Crippen MR) is 77.3 cm³/mol. The number of nitrogen functional groups attached to an aromatic ring is 1. The largest absolute Gasteiger partial charge is 0.397 e. The van der Waals surface area contributed by atoms with Crippen molar-refractivity contribution in [2.45, 2.75) is 31.8 Å². The van der Waals surface area contributed by atoms with E-state index in [0.29, 0.717) is 21.7 Å². The number of rotatable bonds is 3. The second kappa shape index (κ2) is 6.00. The highest BCUT2D eigenvalue weighted by atomic mass is 35.5. The van der Waals surface area contributed by atoms with Gasteiger partial charge in [-0.2, -0.15) is 0 Å². The Morgan fingerprint density at radius 2 is 2.00 bits per heavy atom. The number of benzene rings is 1. The van der Waals surface area contributed by atoms with E-state index in [1.807, 2.05) is 0 Å². The maximum absolute atomic E-state index is 9.62. The van der Waals surface area contributed by atoms with Crippen LogP contribution >= 0.6 is 23.2 Å². The van der Waals surface area contributed by atoms with Crippen LogP contribution in [0.1, 0.15) is 25.7 Å². The standard InChI is InChI=1S/C13H18Cl2N2O/c14-10-5-12(16)13(6-11(10)15)17-7-8-2-1-3-9(18)4-8/h5-6,8-9,17-18H,1-4,7,16H2. The van der Waals surface area contributed by atoms with Gasteiger partial charge in [-0.1, -0.05) is 29.6 Å². The summed E-state index contributed by atoms with van der Waals surface area (Å²) in [6, 6.07) is 3.40. The summed E-state index contributed by atoms with van der Waals surface area (Å²) in [6.45, 7) is 0.805. The van der Waals surface area contributed by atoms with E-state index >= 15 is 0 Å². The molecule has 5 heteroatoms. The molecule has 2 unspecified atom stereocenters. The first-order chi connectivity index (χ1) is 8.56. The molecular formula is C13H18Cl2N2O. The number of anilines is 2. The first-order valence-electron chi connectivity index (χ1n) is 6.22. The Kier molecular flexibility index (Phi) is 4.60. The lowest BCUT2D eigenvalue weighted by atomic mass is 9.87. The summed E-state index contributed by atoms with van der Waals surface area (Å²) in [5, 5.41) is 13.9. The van der Waals surface area contributed by atoms with Crippen LogP contribution < -0.4 is 11.1 Å². The highest BCUT2D eigenvalue weighted by Gasteiger charge is 2.20. The average molecular weight is 289 g/mol. The maximum Gasteiger partial charge on any atom is 0.0614 e. The third kappa shape index (κ3) is 3.44. The van der Waals surface area contributed by atoms with E-state index in [2.05, 4.69) is 5.32 Å². The molecule has 0 aromatic heterocycles. The molecule has 1 fully saturated rings. The quantitative estimate of drug-likeness (QED) is 0.746. The number of hydrogen-bond acceptors (Lipinski definition) is 3. The van der Waals surface area contributed by atoms with Gasteiger partial charge < -0.3 is 16.2 Å². The van der Waals surface area contributed by atoms with E-state index in [1.54, 1.807) is 12.1 Å². The molecule has 1 aliphatic carbocycles. The van der Waals surface area contributed by atoms with Crippen LogP contribution in [0.5, 0.6) is 0 Å². The fourth-order valence-corrected chi connectivity index (χ4v) is 2.75. The highest BCUT2D eigenvalue weighted by molar-refractivity contribution is 6.42. The van der Waals surface area contributed by atoms with E-state index in [0.717, 1.165) is 37.9 Å². The van der Waals surface area contributed by atoms with Crippen molar-refractivity contribution in [3.63, 3.8) is 0 Å². The minimum atomic E-state index is -0.156. The Hall–Kier alpha value is -0.640. The molecule has 0 saturated heterocycles. The van der Waals surface area contributed by atoms with Gasteiger partial charge in [0.2, 0.25) is 0 Å². The molecular weight excluding hydrogens is 271 g/mol. The first-order valence-corrected chi connectivity index (χ1v) is 6.98. The van der Waals surface area contributed by atoms with E-state index in [9.17, 15) is 5.11 Å². The molecule has 3 nitrogen and oxygen atoms in total. The van der Waals surface area contributed by atoms with Crippen LogP contribution in [0.2, 0.25) is 10.0 Å². The summed E-state index contributed by atoms with van der Waals surface area (Å²) < 4.78 is 0. The number of hydrogen-bond donors (Lipinski definition) is 3. The fraction of sp³-hybridized carbons (Fsp3) is 0.538. The van der Waals surface area contributed by atoms with E-state index < -0.39 is 0 Å². The number of halogens is 2. The van der Waals surface area contributed by atoms with Crippen LogP contribution in [0.25, 0.3) is 0 Å². The van der Waals surface area contributed by atoms with Crippen LogP contribution in [0.15, 0.2) is 12.1 Å². The number of nitrogens with two attached hydrogens (primary N) is 1. The van der Waals surface area contributed by atoms with Gasteiger partial charge >= 0.3 is 0 Å². The summed E-state index contributed by atoms with van der Waals surface area (Å²) >= 11 is 11.8. The highest BCUT2D eigenvalue weighted by Crippen LogP contribution is 2.31. The molecule has 0 heterocycles. The fourth-order valence-electron chi connectivity index (χ4n) is 2.42. The smallest absolute Gasteiger partial charge is 0.0614 e. The number of aliphatic hydroxyl groups is 1. The van der Waals surface area contributed by atoms with Gasteiger partial charge in [0.1, 0.15) is 0 Å². The van der Waals surface area contributed by atoms with Crippen LogP contribution in [0.3, 0.4) is 0 Å². The molecule has 1 aromatic rings. The van der Waals surface area contributed by atoms with Crippen molar-refractivity contribution >= 4 is 34.6 Å². The van der Waals surface area contributed by atoms with Crippen molar-refractivity contribution in [1.82, 2.24) is 0 Å². The summed E-state index contributed by atoms with van der Waals surface area (Å²) in [5.41, 5.74) is 7.29. The molecule has 0 bridgehead atoms. The molecule has 1 aliphatic rings. The lowest BCUT2D eigenvalue weighted by Crippen LogP contribution is -2.25. The third-order valence-electron chi connectivity index (χ3n) is 3.43. The van der Waals surface area contributed by atoms with Crippen molar-refractivity contribution in [2.75, 3.05) is 17.6 Å². The molecule has 18 heavy (non-hydrogen) atoms. The van der Waals surface area contributed by atoms with Crippen LogP contribution in [0, 0.1) is 5.92 Å². The van der Waals surface area contributed by atoms with Gasteiger partial charge in [0.05, 0.1) is 27.5 Å². The first kappa shape index (κ1) is 13.8. The molecule has 1 aromatic carbocycles.